The molecule has 0 heterocycles. The molecule has 0 aliphatic heterocycles. The smallest absolute Gasteiger partial charge is 0.211 e. The minimum atomic E-state index is -3.17. The Kier molecular flexibility index (Phi) is 7.70. The first kappa shape index (κ1) is 16.1. The molecule has 0 bridgehead atoms. The van der Waals surface area contributed by atoms with E-state index in [1.165, 1.54) is 0 Å². The second kappa shape index (κ2) is 9.07. The number of hydrogen-bond acceptors (Lipinski definition) is 3. The molecule has 0 aliphatic rings. The number of benzene rings is 1. The van der Waals surface area contributed by atoms with Crippen LogP contribution in [-0.2, 0) is 16.4 Å². The number of nitrogens with one attached hydrogen (secondary N) is 1. The summed E-state index contributed by atoms with van der Waals surface area (Å²) in [4.78, 5) is 0. The lowest BCUT2D eigenvalue weighted by molar-refractivity contribution is 0.282. The van der Waals surface area contributed by atoms with Gasteiger partial charge in [-0.05, 0) is 24.8 Å². The molecule has 1 aromatic carbocycles. The molecule has 0 unspecified atom stereocenters. The van der Waals surface area contributed by atoms with Crippen molar-refractivity contribution in [2.45, 2.75) is 32.1 Å². The Bertz CT molecular complexity index is 431. The van der Waals surface area contributed by atoms with Crippen molar-refractivity contribution < 1.29 is 13.5 Å². The van der Waals surface area contributed by atoms with Crippen LogP contribution in [0.15, 0.2) is 30.3 Å². The molecule has 0 amide bonds. The molecule has 1 aromatic rings. The summed E-state index contributed by atoms with van der Waals surface area (Å²) in [6.45, 7) is 0.700. The van der Waals surface area contributed by atoms with Crippen LogP contribution in [0.5, 0.6) is 0 Å². The number of sulfonamides is 1. The molecule has 0 aliphatic carbocycles. The van der Waals surface area contributed by atoms with Crippen LogP contribution in [0.3, 0.4) is 0 Å². The molecule has 4 nitrogen and oxygen atoms in total. The number of aliphatic hydroxyl groups excluding tert-OH is 1. The summed E-state index contributed by atoms with van der Waals surface area (Å²) in [5, 5.41) is 8.62. The molecule has 0 radical (unpaired) electrons. The Morgan fingerprint density at radius 1 is 1.00 bits per heavy atom. The van der Waals surface area contributed by atoms with Crippen LogP contribution in [0.2, 0.25) is 0 Å². The molecule has 0 saturated carbocycles. The largest absolute Gasteiger partial charge is 0.396 e. The minimum absolute atomic E-state index is 0.133. The highest BCUT2D eigenvalue weighted by Gasteiger charge is 2.09. The molecule has 0 aromatic heterocycles. The van der Waals surface area contributed by atoms with Gasteiger partial charge in [-0.3, -0.25) is 0 Å². The molecule has 5 heteroatoms. The highest BCUT2D eigenvalue weighted by molar-refractivity contribution is 7.89. The van der Waals surface area contributed by atoms with Gasteiger partial charge in [-0.1, -0.05) is 43.2 Å². The molecule has 0 fully saturated rings. The molecule has 19 heavy (non-hydrogen) atoms. The first-order chi connectivity index (χ1) is 9.14. The molecular weight excluding hydrogens is 262 g/mol. The Labute approximate surface area is 115 Å². The van der Waals surface area contributed by atoms with E-state index in [0.29, 0.717) is 13.0 Å². The van der Waals surface area contributed by atoms with Crippen molar-refractivity contribution in [2.24, 2.45) is 0 Å². The van der Waals surface area contributed by atoms with Crippen LogP contribution >= 0.6 is 0 Å². The predicted molar refractivity (Wildman–Crippen MR) is 77.5 cm³/mol. The molecule has 0 saturated heterocycles. The molecule has 0 atom stereocenters. The van der Waals surface area contributed by atoms with Gasteiger partial charge in [0.05, 0.1) is 5.75 Å². The molecule has 0 spiro atoms. The van der Waals surface area contributed by atoms with Gasteiger partial charge in [0, 0.05) is 13.2 Å². The van der Waals surface area contributed by atoms with E-state index in [4.69, 9.17) is 5.11 Å². The van der Waals surface area contributed by atoms with Crippen molar-refractivity contribution in [3.63, 3.8) is 0 Å². The van der Waals surface area contributed by atoms with E-state index in [9.17, 15) is 8.42 Å². The summed E-state index contributed by atoms with van der Waals surface area (Å²) in [6.07, 6.45) is 4.05. The van der Waals surface area contributed by atoms with Crippen LogP contribution in [0, 0.1) is 0 Å². The number of unbranched alkanes of at least 4 members (excludes halogenated alkanes) is 3. The van der Waals surface area contributed by atoms with Gasteiger partial charge in [0.25, 0.3) is 0 Å². The third-order valence-corrected chi connectivity index (χ3v) is 4.29. The zero-order chi connectivity index (χ0) is 14.0. The maximum absolute atomic E-state index is 11.7. The fraction of sp³-hybridized carbons (Fsp3) is 0.571. The molecule has 108 valence electrons. The highest BCUT2D eigenvalue weighted by Crippen LogP contribution is 2.02. The number of hydrogen-bond donors (Lipinski definition) is 2. The lowest BCUT2D eigenvalue weighted by Crippen LogP contribution is -2.28. The summed E-state index contributed by atoms with van der Waals surface area (Å²) in [5.74, 6) is 0.133. The maximum atomic E-state index is 11.7. The van der Waals surface area contributed by atoms with Crippen molar-refractivity contribution in [1.82, 2.24) is 4.72 Å². The summed E-state index contributed by atoms with van der Waals surface area (Å²) < 4.78 is 26.1. The van der Waals surface area contributed by atoms with E-state index in [1.54, 1.807) is 0 Å². The van der Waals surface area contributed by atoms with Crippen LogP contribution in [0.25, 0.3) is 0 Å². The standard InChI is InChI=1S/C14H23NO3S/c16-12-7-2-1-6-11-15-19(17,18)13-10-14-8-4-3-5-9-14/h3-5,8-9,15-16H,1-2,6-7,10-13H2. The lowest BCUT2D eigenvalue weighted by Gasteiger charge is -2.06. The summed E-state index contributed by atoms with van der Waals surface area (Å²) in [7, 11) is -3.17. The Morgan fingerprint density at radius 2 is 1.68 bits per heavy atom. The van der Waals surface area contributed by atoms with E-state index in [0.717, 1.165) is 31.2 Å². The first-order valence-corrected chi connectivity index (χ1v) is 8.41. The summed E-state index contributed by atoms with van der Waals surface area (Å²) in [6, 6.07) is 9.62. The van der Waals surface area contributed by atoms with Crippen LogP contribution in [0.1, 0.15) is 31.2 Å². The highest BCUT2D eigenvalue weighted by atomic mass is 32.2. The zero-order valence-corrected chi connectivity index (χ0v) is 12.0. The number of rotatable bonds is 10. The van der Waals surface area contributed by atoms with E-state index >= 15 is 0 Å². The molecule has 2 N–H and O–H groups in total. The topological polar surface area (TPSA) is 66.4 Å². The third-order valence-electron chi connectivity index (χ3n) is 2.91. The average molecular weight is 285 g/mol. The van der Waals surface area contributed by atoms with E-state index in [-0.39, 0.29) is 12.4 Å². The van der Waals surface area contributed by atoms with Crippen LogP contribution < -0.4 is 4.72 Å². The average Bonchev–Trinajstić information content (AvgIpc) is 2.42. The van der Waals surface area contributed by atoms with Gasteiger partial charge in [-0.25, -0.2) is 13.1 Å². The third kappa shape index (κ3) is 7.97. The van der Waals surface area contributed by atoms with Gasteiger partial charge in [0.1, 0.15) is 0 Å². The summed E-state index contributed by atoms with van der Waals surface area (Å²) >= 11 is 0. The quantitative estimate of drug-likeness (QED) is 0.643. The normalized spacial score (nSPS) is 11.6. The fourth-order valence-corrected chi connectivity index (χ4v) is 2.89. The predicted octanol–water partition coefficient (Wildman–Crippen LogP) is 1.70. The van der Waals surface area contributed by atoms with Gasteiger partial charge in [0.2, 0.25) is 10.0 Å². The first-order valence-electron chi connectivity index (χ1n) is 6.76. The molecular formula is C14H23NO3S. The summed E-state index contributed by atoms with van der Waals surface area (Å²) in [5.41, 5.74) is 1.04. The van der Waals surface area contributed by atoms with Crippen LogP contribution in [-0.4, -0.2) is 32.4 Å². The SMILES string of the molecule is O=S(=O)(CCc1ccccc1)NCCCCCCO. The van der Waals surface area contributed by atoms with Crippen LogP contribution in [0.4, 0.5) is 0 Å². The lowest BCUT2D eigenvalue weighted by atomic mass is 10.2. The maximum Gasteiger partial charge on any atom is 0.211 e. The van der Waals surface area contributed by atoms with Crippen molar-refractivity contribution in [3.05, 3.63) is 35.9 Å². The van der Waals surface area contributed by atoms with Gasteiger partial charge < -0.3 is 5.11 Å². The Balaban J connectivity index is 2.17. The van der Waals surface area contributed by atoms with Crippen molar-refractivity contribution in [2.75, 3.05) is 18.9 Å². The van der Waals surface area contributed by atoms with E-state index in [1.807, 2.05) is 30.3 Å². The van der Waals surface area contributed by atoms with Gasteiger partial charge in [-0.2, -0.15) is 0 Å². The second-order valence-corrected chi connectivity index (χ2v) is 6.51. The van der Waals surface area contributed by atoms with Gasteiger partial charge >= 0.3 is 0 Å². The van der Waals surface area contributed by atoms with Gasteiger partial charge in [-0.15, -0.1) is 0 Å². The molecule has 1 rings (SSSR count). The van der Waals surface area contributed by atoms with Crippen molar-refractivity contribution in [3.8, 4) is 0 Å². The van der Waals surface area contributed by atoms with E-state index in [2.05, 4.69) is 4.72 Å². The minimum Gasteiger partial charge on any atom is -0.396 e. The monoisotopic (exact) mass is 285 g/mol. The number of aryl methyl sites for hydroxylation is 1. The Morgan fingerprint density at radius 3 is 2.37 bits per heavy atom. The number of aliphatic hydroxyl groups is 1. The van der Waals surface area contributed by atoms with Gasteiger partial charge in [0.15, 0.2) is 0 Å². The van der Waals surface area contributed by atoms with Crippen molar-refractivity contribution in [1.29, 1.82) is 0 Å². The Hall–Kier alpha value is -0.910. The fourth-order valence-electron chi connectivity index (χ4n) is 1.79. The zero-order valence-electron chi connectivity index (χ0n) is 11.2. The van der Waals surface area contributed by atoms with Crippen molar-refractivity contribution >= 4 is 10.0 Å². The van der Waals surface area contributed by atoms with E-state index < -0.39 is 10.0 Å². The second-order valence-electron chi connectivity index (χ2n) is 4.59.